The highest BCUT2D eigenvalue weighted by Gasteiger charge is 2.10. The van der Waals surface area contributed by atoms with E-state index in [9.17, 15) is 9.90 Å². The molecule has 0 saturated heterocycles. The second-order valence-corrected chi connectivity index (χ2v) is 5.16. The molecule has 1 amide bonds. The van der Waals surface area contributed by atoms with Crippen molar-refractivity contribution in [3.05, 3.63) is 52.0 Å². The highest BCUT2D eigenvalue weighted by Crippen LogP contribution is 2.31. The lowest BCUT2D eigenvalue weighted by atomic mass is 10.1. The van der Waals surface area contributed by atoms with E-state index in [2.05, 4.69) is 21.2 Å². The van der Waals surface area contributed by atoms with Gasteiger partial charge in [0.1, 0.15) is 11.5 Å². The number of phenolic OH excluding ortho intramolecular Hbond substituents is 1. The number of phenols is 1. The molecule has 0 aromatic heterocycles. The lowest BCUT2D eigenvalue weighted by molar-refractivity contribution is 0.102. The quantitative estimate of drug-likeness (QED) is 0.840. The first-order valence-electron chi connectivity index (χ1n) is 5.96. The summed E-state index contributed by atoms with van der Waals surface area (Å²) in [6.45, 7) is 1.77. The van der Waals surface area contributed by atoms with E-state index in [0.717, 1.165) is 0 Å². The Hall–Kier alpha value is -2.01. The zero-order chi connectivity index (χ0) is 14.7. The van der Waals surface area contributed by atoms with Gasteiger partial charge in [-0.15, -0.1) is 0 Å². The van der Waals surface area contributed by atoms with Crippen LogP contribution in [0.5, 0.6) is 11.5 Å². The van der Waals surface area contributed by atoms with Crippen molar-refractivity contribution >= 4 is 27.5 Å². The molecule has 0 bridgehead atoms. The Morgan fingerprint density at radius 1 is 1.30 bits per heavy atom. The van der Waals surface area contributed by atoms with Gasteiger partial charge in [0.05, 0.1) is 11.6 Å². The van der Waals surface area contributed by atoms with E-state index in [4.69, 9.17) is 4.74 Å². The summed E-state index contributed by atoms with van der Waals surface area (Å²) in [5.41, 5.74) is 1.80. The number of hydrogen-bond donors (Lipinski definition) is 2. The number of aromatic hydroxyl groups is 1. The zero-order valence-corrected chi connectivity index (χ0v) is 12.7. The second-order valence-electron chi connectivity index (χ2n) is 4.31. The Morgan fingerprint density at radius 2 is 2.05 bits per heavy atom. The average molecular weight is 336 g/mol. The molecular weight excluding hydrogens is 322 g/mol. The first-order chi connectivity index (χ1) is 9.51. The van der Waals surface area contributed by atoms with E-state index in [1.807, 2.05) is 0 Å². The Bertz CT molecular complexity index is 632. The standard InChI is InChI=1S/C15H14BrNO3/c1-9-6-11(8-13(16)14(9)18)17-15(19)10-4-3-5-12(7-10)20-2/h3-8,18H,1-2H3,(H,17,19). The molecule has 2 aromatic rings. The van der Waals surface area contributed by atoms with Crippen LogP contribution in [-0.2, 0) is 0 Å². The summed E-state index contributed by atoms with van der Waals surface area (Å²) in [5, 5.41) is 12.5. The van der Waals surface area contributed by atoms with Crippen molar-refractivity contribution in [2.45, 2.75) is 6.92 Å². The summed E-state index contributed by atoms with van der Waals surface area (Å²) < 4.78 is 5.63. The van der Waals surface area contributed by atoms with Gasteiger partial charge in [0.2, 0.25) is 0 Å². The number of methoxy groups -OCH3 is 1. The highest BCUT2D eigenvalue weighted by atomic mass is 79.9. The molecule has 0 fully saturated rings. The molecule has 0 saturated carbocycles. The molecule has 0 unspecified atom stereocenters. The molecule has 20 heavy (non-hydrogen) atoms. The molecule has 0 heterocycles. The molecule has 0 aliphatic carbocycles. The van der Waals surface area contributed by atoms with E-state index in [-0.39, 0.29) is 11.7 Å². The summed E-state index contributed by atoms with van der Waals surface area (Å²) in [6.07, 6.45) is 0. The van der Waals surface area contributed by atoms with E-state index in [1.54, 1.807) is 50.4 Å². The lowest BCUT2D eigenvalue weighted by Crippen LogP contribution is -2.12. The molecule has 104 valence electrons. The summed E-state index contributed by atoms with van der Waals surface area (Å²) in [5.74, 6) is 0.561. The monoisotopic (exact) mass is 335 g/mol. The van der Waals surface area contributed by atoms with Gasteiger partial charge in [-0.05, 0) is 58.7 Å². The van der Waals surface area contributed by atoms with Crippen molar-refractivity contribution in [2.24, 2.45) is 0 Å². The molecular formula is C15H14BrNO3. The molecule has 5 heteroatoms. The third-order valence-corrected chi connectivity index (χ3v) is 3.45. The largest absolute Gasteiger partial charge is 0.506 e. The number of rotatable bonds is 3. The van der Waals surface area contributed by atoms with Crippen LogP contribution in [0.3, 0.4) is 0 Å². The van der Waals surface area contributed by atoms with Gasteiger partial charge in [-0.2, -0.15) is 0 Å². The number of halogens is 1. The minimum absolute atomic E-state index is 0.171. The van der Waals surface area contributed by atoms with Gasteiger partial charge in [-0.3, -0.25) is 4.79 Å². The minimum atomic E-state index is -0.235. The number of nitrogens with one attached hydrogen (secondary N) is 1. The summed E-state index contributed by atoms with van der Waals surface area (Å²) in [4.78, 5) is 12.1. The van der Waals surface area contributed by atoms with Crippen molar-refractivity contribution in [1.82, 2.24) is 0 Å². The van der Waals surface area contributed by atoms with Crippen LogP contribution in [-0.4, -0.2) is 18.1 Å². The maximum absolute atomic E-state index is 12.1. The number of ether oxygens (including phenoxy) is 1. The van der Waals surface area contributed by atoms with Gasteiger partial charge in [-0.25, -0.2) is 0 Å². The number of benzene rings is 2. The maximum Gasteiger partial charge on any atom is 0.255 e. The minimum Gasteiger partial charge on any atom is -0.506 e. The number of amides is 1. The van der Waals surface area contributed by atoms with E-state index >= 15 is 0 Å². The highest BCUT2D eigenvalue weighted by molar-refractivity contribution is 9.10. The van der Waals surface area contributed by atoms with Crippen LogP contribution in [0.4, 0.5) is 5.69 Å². The van der Waals surface area contributed by atoms with Crippen molar-refractivity contribution in [3.8, 4) is 11.5 Å². The van der Waals surface area contributed by atoms with Crippen molar-refractivity contribution in [3.63, 3.8) is 0 Å². The number of aryl methyl sites for hydroxylation is 1. The van der Waals surface area contributed by atoms with Crippen LogP contribution in [0.15, 0.2) is 40.9 Å². The van der Waals surface area contributed by atoms with Gasteiger partial charge in [0.15, 0.2) is 0 Å². The van der Waals surface area contributed by atoms with Crippen LogP contribution in [0.25, 0.3) is 0 Å². The Kier molecular flexibility index (Phi) is 4.29. The van der Waals surface area contributed by atoms with Gasteiger partial charge < -0.3 is 15.2 Å². The molecule has 0 spiro atoms. The van der Waals surface area contributed by atoms with E-state index < -0.39 is 0 Å². The Balaban J connectivity index is 2.23. The van der Waals surface area contributed by atoms with Crippen LogP contribution < -0.4 is 10.1 Å². The van der Waals surface area contributed by atoms with Crippen LogP contribution >= 0.6 is 15.9 Å². The van der Waals surface area contributed by atoms with Crippen LogP contribution in [0.2, 0.25) is 0 Å². The average Bonchev–Trinajstić information content (AvgIpc) is 2.44. The summed E-state index contributed by atoms with van der Waals surface area (Å²) >= 11 is 3.24. The maximum atomic E-state index is 12.1. The van der Waals surface area contributed by atoms with Gasteiger partial charge in [0.25, 0.3) is 5.91 Å². The fourth-order valence-electron chi connectivity index (χ4n) is 1.78. The lowest BCUT2D eigenvalue weighted by Gasteiger charge is -2.09. The molecule has 0 atom stereocenters. The van der Waals surface area contributed by atoms with Crippen LogP contribution in [0, 0.1) is 6.92 Å². The third kappa shape index (κ3) is 3.11. The van der Waals surface area contributed by atoms with E-state index in [1.165, 1.54) is 0 Å². The Morgan fingerprint density at radius 3 is 2.70 bits per heavy atom. The fourth-order valence-corrected chi connectivity index (χ4v) is 2.34. The number of carbonyl (C=O) groups excluding carboxylic acids is 1. The van der Waals surface area contributed by atoms with Crippen molar-refractivity contribution in [1.29, 1.82) is 0 Å². The van der Waals surface area contributed by atoms with Gasteiger partial charge in [0, 0.05) is 11.3 Å². The van der Waals surface area contributed by atoms with Gasteiger partial charge >= 0.3 is 0 Å². The zero-order valence-electron chi connectivity index (χ0n) is 11.1. The SMILES string of the molecule is COc1cccc(C(=O)Nc2cc(C)c(O)c(Br)c2)c1. The second kappa shape index (κ2) is 5.96. The molecule has 4 nitrogen and oxygen atoms in total. The Labute approximate surface area is 125 Å². The van der Waals surface area contributed by atoms with Crippen molar-refractivity contribution in [2.75, 3.05) is 12.4 Å². The van der Waals surface area contributed by atoms with Crippen molar-refractivity contribution < 1.29 is 14.6 Å². The number of hydrogen-bond acceptors (Lipinski definition) is 3. The van der Waals surface area contributed by atoms with Crippen LogP contribution in [0.1, 0.15) is 15.9 Å². The third-order valence-electron chi connectivity index (χ3n) is 2.84. The van der Waals surface area contributed by atoms with E-state index in [0.29, 0.717) is 27.0 Å². The fraction of sp³-hybridized carbons (Fsp3) is 0.133. The normalized spacial score (nSPS) is 10.2. The smallest absolute Gasteiger partial charge is 0.255 e. The summed E-state index contributed by atoms with van der Waals surface area (Å²) in [6, 6.07) is 10.3. The molecule has 2 N–H and O–H groups in total. The number of anilines is 1. The number of carbonyl (C=O) groups is 1. The molecule has 0 radical (unpaired) electrons. The molecule has 2 rings (SSSR count). The summed E-state index contributed by atoms with van der Waals surface area (Å²) in [7, 11) is 1.55. The molecule has 0 aliphatic rings. The predicted molar refractivity (Wildman–Crippen MR) is 81.5 cm³/mol. The topological polar surface area (TPSA) is 58.6 Å². The first kappa shape index (κ1) is 14.4. The first-order valence-corrected chi connectivity index (χ1v) is 6.75. The molecule has 0 aliphatic heterocycles. The molecule has 2 aromatic carbocycles. The predicted octanol–water partition coefficient (Wildman–Crippen LogP) is 3.72. The van der Waals surface area contributed by atoms with Gasteiger partial charge in [-0.1, -0.05) is 6.07 Å².